The predicted octanol–water partition coefficient (Wildman–Crippen LogP) is 8.93. The van der Waals surface area contributed by atoms with Gasteiger partial charge in [-0.15, -0.1) is 0 Å². The van der Waals surface area contributed by atoms with Crippen molar-refractivity contribution < 1.29 is 22.7 Å². The van der Waals surface area contributed by atoms with Crippen LogP contribution in [0.4, 0.5) is 0 Å². The van der Waals surface area contributed by atoms with Crippen molar-refractivity contribution in [2.75, 3.05) is 13.2 Å². The Bertz CT molecular complexity index is 2190. The molecule has 1 fully saturated rings. The molecule has 3 heterocycles. The zero-order chi connectivity index (χ0) is 32.9. The van der Waals surface area contributed by atoms with Gasteiger partial charge in [0.1, 0.15) is 0 Å². The topological polar surface area (TPSA) is 35.0 Å². The molecule has 0 saturated carbocycles. The van der Waals surface area contributed by atoms with Gasteiger partial charge in [0.05, 0.1) is 0 Å². The van der Waals surface area contributed by atoms with Crippen molar-refractivity contribution >= 4 is 56.6 Å². The molecular formula is C43H35N2OOsP+. The Morgan fingerprint density at radius 1 is 0.708 bits per heavy atom. The second-order valence-electron chi connectivity index (χ2n) is 11.7. The Morgan fingerprint density at radius 3 is 1.79 bits per heavy atom. The van der Waals surface area contributed by atoms with Gasteiger partial charge >= 0.3 is 281 Å². The van der Waals surface area contributed by atoms with Crippen LogP contribution in [0.5, 0.6) is 0 Å². The molecule has 4 aromatic carbocycles. The summed E-state index contributed by atoms with van der Waals surface area (Å²) in [7, 11) is -2.46. The molecule has 2 aromatic heterocycles. The maximum absolute atomic E-state index is 6.00. The summed E-state index contributed by atoms with van der Waals surface area (Å²) in [4.78, 5) is 9.98. The standard InChI is InChI=1S/C43H35N2OP.Os/c1-4-15-32-24-34-22-23-35-25-36(28-45-43(35)42(34)44-27-32)41(26-37-30-46-29-33(37)5-2)31(3)47(38-16-9-6-10-17-38,39-18-11-7-12-19-39)40-20-13-8-14-21-40;/h4-28H,29-30H2,1-2H3;/q+1;/b15-4+,33-5?,37-26?,41-31?;. The molecular weight excluding hydrogens is 782 g/mol. The zero-order valence-electron chi connectivity index (χ0n) is 27.0. The van der Waals surface area contributed by atoms with Crippen molar-refractivity contribution in [1.29, 1.82) is 0 Å². The van der Waals surface area contributed by atoms with Gasteiger partial charge in [-0.1, -0.05) is 6.08 Å². The summed E-state index contributed by atoms with van der Waals surface area (Å²) in [6.45, 7) is 5.30. The third-order valence-corrected chi connectivity index (χ3v) is 14.3. The van der Waals surface area contributed by atoms with Gasteiger partial charge in [0, 0.05) is 0 Å². The Balaban J connectivity index is 1.59. The number of allylic oxidation sites excluding steroid dienone is 5. The molecule has 6 aromatic rings. The van der Waals surface area contributed by atoms with E-state index < -0.39 is 7.26 Å². The normalized spacial score (nSPS) is 15.8. The number of hydrogen-bond donors (Lipinski definition) is 0. The van der Waals surface area contributed by atoms with Crippen LogP contribution >= 0.6 is 7.26 Å². The quantitative estimate of drug-likeness (QED) is 0.119. The molecule has 0 aliphatic carbocycles. The van der Waals surface area contributed by atoms with E-state index in [1.54, 1.807) is 17.9 Å². The molecule has 1 aliphatic heterocycles. The first kappa shape index (κ1) is 32.0. The number of hydrogen-bond acceptors (Lipinski definition) is 3. The Hall–Kier alpha value is -4.53. The third-order valence-electron chi connectivity index (χ3n) is 8.89. The van der Waals surface area contributed by atoms with Crippen LogP contribution in [0.1, 0.15) is 25.0 Å². The number of benzene rings is 4. The summed E-state index contributed by atoms with van der Waals surface area (Å²) in [6, 6.07) is 41.7. The molecule has 0 atom stereocenters. The molecule has 235 valence electrons. The van der Waals surface area contributed by atoms with Gasteiger partial charge in [-0.2, -0.15) is 0 Å². The average Bonchev–Trinajstić information content (AvgIpc) is 3.61. The van der Waals surface area contributed by atoms with Gasteiger partial charge < -0.3 is 0 Å². The SMILES string of the molecule is CC=C1COCC1=CC(=C([C]#[Os])[P+](c1ccccc1)(c1ccccc1)c1ccccc1)c1cnc2c(ccc3cc(/C=C/C)cnc32)c1. The molecule has 1 aliphatic rings. The minimum atomic E-state index is -2.46. The predicted molar refractivity (Wildman–Crippen MR) is 200 cm³/mol. The molecule has 0 bridgehead atoms. The van der Waals surface area contributed by atoms with Crippen LogP contribution in [0, 0.1) is 4.37 Å². The van der Waals surface area contributed by atoms with Crippen molar-refractivity contribution in [3.05, 3.63) is 173 Å². The molecule has 7 rings (SSSR count). The van der Waals surface area contributed by atoms with Crippen LogP contribution in [-0.4, -0.2) is 23.2 Å². The fourth-order valence-corrected chi connectivity index (χ4v) is 12.5. The van der Waals surface area contributed by atoms with E-state index >= 15 is 0 Å². The number of pyridine rings is 2. The van der Waals surface area contributed by atoms with E-state index in [2.05, 4.69) is 145 Å². The summed E-state index contributed by atoms with van der Waals surface area (Å²) in [6.07, 6.45) is 12.6. The van der Waals surface area contributed by atoms with Gasteiger partial charge in [0.15, 0.2) is 0 Å². The van der Waals surface area contributed by atoms with Crippen molar-refractivity contribution in [3.63, 3.8) is 0 Å². The average molecular weight is 817 g/mol. The van der Waals surface area contributed by atoms with Crippen LogP contribution in [0.25, 0.3) is 33.5 Å². The van der Waals surface area contributed by atoms with Crippen LogP contribution in [0.3, 0.4) is 0 Å². The molecule has 0 N–H and O–H groups in total. The monoisotopic (exact) mass is 818 g/mol. The van der Waals surface area contributed by atoms with Crippen molar-refractivity contribution in [1.82, 2.24) is 9.97 Å². The number of ether oxygens (including phenoxy) is 1. The van der Waals surface area contributed by atoms with Gasteiger partial charge in [-0.05, 0) is 6.92 Å². The van der Waals surface area contributed by atoms with E-state index in [-0.39, 0.29) is 0 Å². The molecule has 3 nitrogen and oxygen atoms in total. The Kier molecular flexibility index (Phi) is 9.54. The summed E-state index contributed by atoms with van der Waals surface area (Å²) in [5, 5.41) is 7.15. The van der Waals surface area contributed by atoms with Crippen molar-refractivity contribution in [2.24, 2.45) is 0 Å². The molecule has 1 saturated heterocycles. The van der Waals surface area contributed by atoms with Crippen molar-refractivity contribution in [3.8, 4) is 4.37 Å². The fraction of sp³-hybridized carbons (Fsp3) is 0.0930. The second-order valence-corrected chi connectivity index (χ2v) is 15.7. The fourth-order valence-electron chi connectivity index (χ4n) is 6.64. The maximum atomic E-state index is 6.00. The summed E-state index contributed by atoms with van der Waals surface area (Å²) >= 11 is 1.80. The first-order valence-corrected chi connectivity index (χ1v) is 19.1. The van der Waals surface area contributed by atoms with Crippen molar-refractivity contribution in [2.45, 2.75) is 13.8 Å². The van der Waals surface area contributed by atoms with Gasteiger partial charge in [0.2, 0.25) is 0 Å². The molecule has 5 heteroatoms. The third kappa shape index (κ3) is 5.88. The summed E-state index contributed by atoms with van der Waals surface area (Å²) in [5.74, 6) is 0. The van der Waals surface area contributed by atoms with Gasteiger partial charge in [-0.25, -0.2) is 0 Å². The van der Waals surface area contributed by atoms with E-state index in [4.69, 9.17) is 14.7 Å². The molecule has 48 heavy (non-hydrogen) atoms. The van der Waals surface area contributed by atoms with E-state index in [0.717, 1.165) is 38.5 Å². The number of fused-ring (bicyclic) bond motifs is 3. The van der Waals surface area contributed by atoms with E-state index in [9.17, 15) is 0 Å². The van der Waals surface area contributed by atoms with Crippen LogP contribution in [0.2, 0.25) is 0 Å². The first-order valence-electron chi connectivity index (χ1n) is 16.1. The van der Waals surface area contributed by atoms with Crippen LogP contribution in [-0.2, 0) is 22.7 Å². The van der Waals surface area contributed by atoms with E-state index in [1.807, 2.05) is 25.4 Å². The Labute approximate surface area is 292 Å². The number of aromatic nitrogens is 2. The van der Waals surface area contributed by atoms with E-state index in [0.29, 0.717) is 13.2 Å². The molecule has 0 spiro atoms. The zero-order valence-corrected chi connectivity index (χ0v) is 30.4. The number of rotatable bonds is 7. The summed E-state index contributed by atoms with van der Waals surface area (Å²) in [5.41, 5.74) is 7.45. The van der Waals surface area contributed by atoms with Crippen LogP contribution < -0.4 is 15.9 Å². The molecule has 0 radical (unpaired) electrons. The van der Waals surface area contributed by atoms with Crippen LogP contribution in [0.15, 0.2) is 162 Å². The van der Waals surface area contributed by atoms with Gasteiger partial charge in [-0.3, -0.25) is 0 Å². The second kappa shape index (κ2) is 14.3. The minimum absolute atomic E-state index is 0.569. The summed E-state index contributed by atoms with van der Waals surface area (Å²) < 4.78 is 9.84. The van der Waals surface area contributed by atoms with E-state index in [1.165, 1.54) is 32.4 Å². The Morgan fingerprint density at radius 2 is 1.25 bits per heavy atom. The number of nitrogens with zero attached hydrogens (tertiary/aromatic N) is 2. The molecule has 0 unspecified atom stereocenters. The molecule has 0 amide bonds. The first-order chi connectivity index (χ1) is 23.7. The van der Waals surface area contributed by atoms with Gasteiger partial charge in [0.25, 0.3) is 0 Å².